The van der Waals surface area contributed by atoms with Gasteiger partial charge in [-0.05, 0) is 27.7 Å². The molecule has 0 radical (unpaired) electrons. The maximum atomic E-state index is 4.33. The molecule has 1 heterocycles. The van der Waals surface area contributed by atoms with Crippen molar-refractivity contribution in [1.82, 2.24) is 15.1 Å². The molecule has 1 aromatic rings. The fourth-order valence-electron chi connectivity index (χ4n) is 1.18. The van der Waals surface area contributed by atoms with E-state index in [4.69, 9.17) is 0 Å². The first kappa shape index (κ1) is 11.8. The highest BCUT2D eigenvalue weighted by Gasteiger charge is 2.13. The van der Waals surface area contributed by atoms with E-state index >= 15 is 0 Å². The number of rotatable bonds is 3. The Bertz CT molecular complexity index is 360. The van der Waals surface area contributed by atoms with Gasteiger partial charge < -0.3 is 5.32 Å². The van der Waals surface area contributed by atoms with Crippen molar-refractivity contribution < 1.29 is 0 Å². The molecule has 3 nitrogen and oxygen atoms in total. The summed E-state index contributed by atoms with van der Waals surface area (Å²) in [5, 5.41) is 7.57. The molecular formula is C12H19N3. The Balaban J connectivity index is 2.49. The molecule has 15 heavy (non-hydrogen) atoms. The molecule has 0 saturated heterocycles. The van der Waals surface area contributed by atoms with Gasteiger partial charge in [0.1, 0.15) is 0 Å². The van der Waals surface area contributed by atoms with Gasteiger partial charge in [-0.1, -0.05) is 5.92 Å². The number of aromatic nitrogens is 2. The molecular weight excluding hydrogens is 186 g/mol. The van der Waals surface area contributed by atoms with E-state index in [0.717, 1.165) is 13.1 Å². The van der Waals surface area contributed by atoms with Gasteiger partial charge in [0.25, 0.3) is 0 Å². The third kappa shape index (κ3) is 3.77. The van der Waals surface area contributed by atoms with Crippen molar-refractivity contribution in [2.45, 2.75) is 39.8 Å². The molecule has 1 N–H and O–H groups in total. The Labute approximate surface area is 91.9 Å². The Kier molecular flexibility index (Phi) is 3.93. The predicted molar refractivity (Wildman–Crippen MR) is 62.4 cm³/mol. The van der Waals surface area contributed by atoms with E-state index in [0.29, 0.717) is 0 Å². The summed E-state index contributed by atoms with van der Waals surface area (Å²) in [6.07, 6.45) is 3.98. The molecule has 0 aliphatic rings. The fraction of sp³-hybridized carbons (Fsp3) is 0.583. The van der Waals surface area contributed by atoms with Crippen molar-refractivity contribution in [3.05, 3.63) is 18.0 Å². The molecule has 0 bridgehead atoms. The largest absolute Gasteiger partial charge is 0.302 e. The standard InChI is InChI=1S/C12H19N3/c1-5-6-7-13-8-11-9-14-15(10-11)12(2,3)4/h9-10,13H,7-8H2,1-4H3. The summed E-state index contributed by atoms with van der Waals surface area (Å²) in [4.78, 5) is 0. The third-order valence-electron chi connectivity index (χ3n) is 2.04. The van der Waals surface area contributed by atoms with Crippen molar-refractivity contribution in [3.63, 3.8) is 0 Å². The first-order chi connectivity index (χ1) is 7.04. The zero-order valence-electron chi connectivity index (χ0n) is 9.96. The first-order valence-corrected chi connectivity index (χ1v) is 5.18. The zero-order valence-corrected chi connectivity index (χ0v) is 9.96. The summed E-state index contributed by atoms with van der Waals surface area (Å²) in [7, 11) is 0. The van der Waals surface area contributed by atoms with Crippen LogP contribution < -0.4 is 5.32 Å². The Hall–Kier alpha value is -1.27. The van der Waals surface area contributed by atoms with E-state index in [1.807, 2.05) is 17.8 Å². The van der Waals surface area contributed by atoms with Crippen molar-refractivity contribution in [2.24, 2.45) is 0 Å². The van der Waals surface area contributed by atoms with E-state index in [-0.39, 0.29) is 5.54 Å². The summed E-state index contributed by atoms with van der Waals surface area (Å²) >= 11 is 0. The fourth-order valence-corrected chi connectivity index (χ4v) is 1.18. The first-order valence-electron chi connectivity index (χ1n) is 5.18. The highest BCUT2D eigenvalue weighted by molar-refractivity contribution is 5.06. The van der Waals surface area contributed by atoms with Gasteiger partial charge in [0, 0.05) is 18.3 Å². The number of nitrogens with zero attached hydrogens (tertiary/aromatic N) is 2. The van der Waals surface area contributed by atoms with Crippen LogP contribution in [0.1, 0.15) is 33.3 Å². The minimum atomic E-state index is 0.0570. The second-order valence-electron chi connectivity index (χ2n) is 4.49. The lowest BCUT2D eigenvalue weighted by atomic mass is 10.1. The molecule has 0 atom stereocenters. The SMILES string of the molecule is CC#CCNCc1cnn(C(C)(C)C)c1. The topological polar surface area (TPSA) is 29.9 Å². The lowest BCUT2D eigenvalue weighted by Crippen LogP contribution is -2.22. The summed E-state index contributed by atoms with van der Waals surface area (Å²) < 4.78 is 1.98. The summed E-state index contributed by atoms with van der Waals surface area (Å²) in [6, 6.07) is 0. The van der Waals surface area contributed by atoms with Crippen molar-refractivity contribution >= 4 is 0 Å². The summed E-state index contributed by atoms with van der Waals surface area (Å²) in [5.41, 5.74) is 1.25. The zero-order chi connectivity index (χ0) is 11.3. The number of hydrogen-bond acceptors (Lipinski definition) is 2. The Morgan fingerprint density at radius 1 is 1.47 bits per heavy atom. The molecule has 3 heteroatoms. The molecule has 0 unspecified atom stereocenters. The van der Waals surface area contributed by atoms with Gasteiger partial charge in [-0.2, -0.15) is 5.10 Å². The van der Waals surface area contributed by atoms with Gasteiger partial charge in [0.2, 0.25) is 0 Å². The van der Waals surface area contributed by atoms with E-state index in [1.165, 1.54) is 5.56 Å². The number of nitrogens with one attached hydrogen (secondary N) is 1. The van der Waals surface area contributed by atoms with Crippen LogP contribution >= 0.6 is 0 Å². The highest BCUT2D eigenvalue weighted by Crippen LogP contribution is 2.12. The van der Waals surface area contributed by atoms with Crippen LogP contribution in [0.15, 0.2) is 12.4 Å². The maximum absolute atomic E-state index is 4.33. The summed E-state index contributed by atoms with van der Waals surface area (Å²) in [5.74, 6) is 5.82. The van der Waals surface area contributed by atoms with Crippen LogP contribution in [-0.4, -0.2) is 16.3 Å². The molecule has 0 spiro atoms. The molecule has 0 saturated carbocycles. The van der Waals surface area contributed by atoms with Gasteiger partial charge in [0.15, 0.2) is 0 Å². The van der Waals surface area contributed by atoms with Crippen LogP contribution in [0.2, 0.25) is 0 Å². The second-order valence-corrected chi connectivity index (χ2v) is 4.49. The molecule has 0 aromatic carbocycles. The quantitative estimate of drug-likeness (QED) is 0.602. The van der Waals surface area contributed by atoms with Crippen molar-refractivity contribution in [3.8, 4) is 11.8 Å². The Morgan fingerprint density at radius 3 is 2.73 bits per heavy atom. The van der Waals surface area contributed by atoms with Crippen LogP contribution in [0, 0.1) is 11.8 Å². The second kappa shape index (κ2) is 4.99. The van der Waals surface area contributed by atoms with Crippen molar-refractivity contribution in [1.29, 1.82) is 0 Å². The minimum Gasteiger partial charge on any atom is -0.302 e. The maximum Gasteiger partial charge on any atom is 0.0579 e. The monoisotopic (exact) mass is 205 g/mol. The van der Waals surface area contributed by atoms with Crippen LogP contribution in [0.3, 0.4) is 0 Å². The van der Waals surface area contributed by atoms with Gasteiger partial charge in [-0.25, -0.2) is 0 Å². The van der Waals surface area contributed by atoms with E-state index in [9.17, 15) is 0 Å². The van der Waals surface area contributed by atoms with Gasteiger partial charge >= 0.3 is 0 Å². The molecule has 0 fully saturated rings. The molecule has 82 valence electrons. The molecule has 0 aliphatic carbocycles. The minimum absolute atomic E-state index is 0.0570. The lowest BCUT2D eigenvalue weighted by Gasteiger charge is -2.18. The normalized spacial score (nSPS) is 10.9. The van der Waals surface area contributed by atoms with Gasteiger partial charge in [-0.15, -0.1) is 5.92 Å². The van der Waals surface area contributed by atoms with E-state index in [2.05, 4.69) is 49.2 Å². The van der Waals surface area contributed by atoms with Crippen molar-refractivity contribution in [2.75, 3.05) is 6.54 Å². The van der Waals surface area contributed by atoms with Crippen LogP contribution in [-0.2, 0) is 12.1 Å². The average molecular weight is 205 g/mol. The Morgan fingerprint density at radius 2 is 2.20 bits per heavy atom. The molecule has 0 aliphatic heterocycles. The lowest BCUT2D eigenvalue weighted by molar-refractivity contribution is 0.355. The number of hydrogen-bond donors (Lipinski definition) is 1. The van der Waals surface area contributed by atoms with E-state index in [1.54, 1.807) is 0 Å². The highest BCUT2D eigenvalue weighted by atomic mass is 15.3. The van der Waals surface area contributed by atoms with Crippen LogP contribution in [0.4, 0.5) is 0 Å². The summed E-state index contributed by atoms with van der Waals surface area (Å²) in [6.45, 7) is 9.82. The molecule has 0 amide bonds. The molecule has 1 aromatic heterocycles. The van der Waals surface area contributed by atoms with E-state index < -0.39 is 0 Å². The smallest absolute Gasteiger partial charge is 0.0579 e. The third-order valence-corrected chi connectivity index (χ3v) is 2.04. The van der Waals surface area contributed by atoms with Crippen LogP contribution in [0.5, 0.6) is 0 Å². The van der Waals surface area contributed by atoms with Crippen LogP contribution in [0.25, 0.3) is 0 Å². The average Bonchev–Trinajstić information content (AvgIpc) is 2.60. The predicted octanol–water partition coefficient (Wildman–Crippen LogP) is 1.75. The van der Waals surface area contributed by atoms with Gasteiger partial charge in [-0.3, -0.25) is 4.68 Å². The molecule has 1 rings (SSSR count). The van der Waals surface area contributed by atoms with Gasteiger partial charge in [0.05, 0.1) is 18.3 Å².